The number of amides is 1. The van der Waals surface area contributed by atoms with Crippen molar-refractivity contribution in [2.45, 2.75) is 25.5 Å². The minimum Gasteiger partial charge on any atom is -0.368 e. The summed E-state index contributed by atoms with van der Waals surface area (Å²) in [5, 5.41) is 7.31. The van der Waals surface area contributed by atoms with E-state index in [1.165, 1.54) is 10.7 Å². The molecule has 0 unspecified atom stereocenters. The van der Waals surface area contributed by atoms with E-state index in [1.807, 2.05) is 0 Å². The van der Waals surface area contributed by atoms with Gasteiger partial charge in [0.15, 0.2) is 5.82 Å². The van der Waals surface area contributed by atoms with E-state index in [9.17, 15) is 9.18 Å². The Hall–Kier alpha value is -1.44. The lowest BCUT2D eigenvalue weighted by atomic mass is 10.2. The van der Waals surface area contributed by atoms with Gasteiger partial charge in [0.2, 0.25) is 0 Å². The second-order valence-corrected chi connectivity index (χ2v) is 6.48. The number of hydrogen-bond donors (Lipinski definition) is 1. The van der Waals surface area contributed by atoms with Gasteiger partial charge in [0.25, 0.3) is 5.91 Å². The Morgan fingerprint density at radius 2 is 2.39 bits per heavy atom. The van der Waals surface area contributed by atoms with Crippen LogP contribution in [0.2, 0.25) is 5.02 Å². The molecule has 1 aliphatic heterocycles. The Balaban J connectivity index is 1.74. The third kappa shape index (κ3) is 3.73. The number of hydrogen-bond acceptors (Lipinski definition) is 3. The molecular weight excluding hydrogens is 389 g/mol. The Bertz CT molecular complexity index is 711. The Morgan fingerprint density at radius 1 is 1.57 bits per heavy atom. The van der Waals surface area contributed by atoms with Gasteiger partial charge < -0.3 is 10.1 Å². The molecule has 3 rings (SSSR count). The summed E-state index contributed by atoms with van der Waals surface area (Å²) in [6, 6.07) is 4.52. The zero-order valence-electron chi connectivity index (χ0n) is 12.1. The molecule has 2 heterocycles. The number of halogens is 3. The van der Waals surface area contributed by atoms with Crippen molar-refractivity contribution in [2.24, 2.45) is 0 Å². The number of aromatic nitrogens is 2. The molecule has 5 nitrogen and oxygen atoms in total. The Morgan fingerprint density at radius 3 is 3.09 bits per heavy atom. The maximum atomic E-state index is 13.8. The van der Waals surface area contributed by atoms with E-state index in [4.69, 9.17) is 16.3 Å². The molecule has 0 radical (unpaired) electrons. The summed E-state index contributed by atoms with van der Waals surface area (Å²) in [5.41, 5.74) is 0.348. The third-order valence-corrected chi connectivity index (χ3v) is 4.50. The van der Waals surface area contributed by atoms with Crippen molar-refractivity contribution in [2.75, 3.05) is 11.9 Å². The SMILES string of the molecule is O=C(Nc1nn(Cc2c(F)cccc2Cl)cc1Br)[C@H]1CCCO1. The molecular formula is C15H14BrClFN3O2. The van der Waals surface area contributed by atoms with E-state index in [0.29, 0.717) is 33.9 Å². The van der Waals surface area contributed by atoms with Gasteiger partial charge in [-0.1, -0.05) is 17.7 Å². The predicted molar refractivity (Wildman–Crippen MR) is 88.0 cm³/mol. The smallest absolute Gasteiger partial charge is 0.254 e. The zero-order valence-corrected chi connectivity index (χ0v) is 14.4. The van der Waals surface area contributed by atoms with Gasteiger partial charge in [-0.3, -0.25) is 9.48 Å². The fourth-order valence-electron chi connectivity index (χ4n) is 2.39. The number of nitrogens with one attached hydrogen (secondary N) is 1. The minimum atomic E-state index is -0.437. The first-order valence-corrected chi connectivity index (χ1v) is 8.30. The lowest BCUT2D eigenvalue weighted by molar-refractivity contribution is -0.124. The van der Waals surface area contributed by atoms with Crippen LogP contribution < -0.4 is 5.32 Å². The van der Waals surface area contributed by atoms with Crippen LogP contribution in [0.25, 0.3) is 0 Å². The Labute approximate surface area is 145 Å². The van der Waals surface area contributed by atoms with Crippen LogP contribution in [0.15, 0.2) is 28.9 Å². The first-order chi connectivity index (χ1) is 11.0. The maximum absolute atomic E-state index is 13.8. The minimum absolute atomic E-state index is 0.167. The summed E-state index contributed by atoms with van der Waals surface area (Å²) >= 11 is 9.36. The van der Waals surface area contributed by atoms with E-state index in [-0.39, 0.29) is 12.5 Å². The number of benzene rings is 1. The van der Waals surface area contributed by atoms with Gasteiger partial charge >= 0.3 is 0 Å². The lowest BCUT2D eigenvalue weighted by Gasteiger charge is -2.09. The number of anilines is 1. The largest absolute Gasteiger partial charge is 0.368 e. The molecule has 1 amide bonds. The van der Waals surface area contributed by atoms with Crippen molar-refractivity contribution in [3.05, 3.63) is 45.3 Å². The molecule has 8 heteroatoms. The van der Waals surface area contributed by atoms with E-state index in [1.54, 1.807) is 18.3 Å². The van der Waals surface area contributed by atoms with Crippen molar-refractivity contribution < 1.29 is 13.9 Å². The van der Waals surface area contributed by atoms with Crippen LogP contribution in [0.5, 0.6) is 0 Å². The number of carbonyl (C=O) groups excluding carboxylic acids is 1. The molecule has 0 bridgehead atoms. The van der Waals surface area contributed by atoms with Crippen LogP contribution in [-0.4, -0.2) is 28.4 Å². The van der Waals surface area contributed by atoms with Crippen molar-refractivity contribution in [3.8, 4) is 0 Å². The standard InChI is InChI=1S/C15H14BrClFN3O2/c16-10-8-21(7-9-11(17)3-1-4-12(9)18)20-14(10)19-15(22)13-5-2-6-23-13/h1,3-4,8,13H,2,5-7H2,(H,19,20,22)/t13-/m1/s1. The van der Waals surface area contributed by atoms with Crippen LogP contribution in [0.1, 0.15) is 18.4 Å². The van der Waals surface area contributed by atoms with E-state index in [2.05, 4.69) is 26.3 Å². The average Bonchev–Trinajstić information content (AvgIpc) is 3.14. The number of ether oxygens (including phenoxy) is 1. The molecule has 1 aliphatic rings. The second-order valence-electron chi connectivity index (χ2n) is 5.21. The second kappa shape index (κ2) is 6.98. The molecule has 2 aromatic rings. The highest BCUT2D eigenvalue weighted by Crippen LogP contribution is 2.25. The van der Waals surface area contributed by atoms with Crippen molar-refractivity contribution in [3.63, 3.8) is 0 Å². The highest BCUT2D eigenvalue weighted by molar-refractivity contribution is 9.10. The van der Waals surface area contributed by atoms with Gasteiger partial charge in [-0.15, -0.1) is 0 Å². The van der Waals surface area contributed by atoms with Gasteiger partial charge in [0.1, 0.15) is 11.9 Å². The molecule has 1 N–H and O–H groups in total. The third-order valence-electron chi connectivity index (χ3n) is 3.56. The van der Waals surface area contributed by atoms with E-state index in [0.717, 1.165) is 6.42 Å². The number of carbonyl (C=O) groups is 1. The normalized spacial score (nSPS) is 17.4. The lowest BCUT2D eigenvalue weighted by Crippen LogP contribution is -2.27. The fourth-order valence-corrected chi connectivity index (χ4v) is 3.03. The molecule has 1 fully saturated rings. The van der Waals surface area contributed by atoms with Gasteiger partial charge in [-0.05, 0) is 40.9 Å². The van der Waals surface area contributed by atoms with Gasteiger partial charge in [-0.25, -0.2) is 4.39 Å². The van der Waals surface area contributed by atoms with Crippen LogP contribution in [-0.2, 0) is 16.1 Å². The molecule has 122 valence electrons. The summed E-state index contributed by atoms with van der Waals surface area (Å²) in [5.74, 6) is -0.246. The zero-order chi connectivity index (χ0) is 16.4. The molecule has 1 aromatic carbocycles. The summed E-state index contributed by atoms with van der Waals surface area (Å²) < 4.78 is 21.3. The highest BCUT2D eigenvalue weighted by atomic mass is 79.9. The first kappa shape index (κ1) is 16.4. The molecule has 23 heavy (non-hydrogen) atoms. The predicted octanol–water partition coefficient (Wildman–Crippen LogP) is 3.60. The summed E-state index contributed by atoms with van der Waals surface area (Å²) in [6.45, 7) is 0.763. The highest BCUT2D eigenvalue weighted by Gasteiger charge is 2.25. The van der Waals surface area contributed by atoms with Crippen LogP contribution >= 0.6 is 27.5 Å². The molecule has 0 spiro atoms. The van der Waals surface area contributed by atoms with Crippen LogP contribution in [0.4, 0.5) is 10.2 Å². The molecule has 1 aromatic heterocycles. The Kier molecular flexibility index (Phi) is 4.99. The van der Waals surface area contributed by atoms with Gasteiger partial charge in [0, 0.05) is 23.4 Å². The molecule has 0 aliphatic carbocycles. The average molecular weight is 403 g/mol. The molecule has 0 saturated carbocycles. The monoisotopic (exact) mass is 401 g/mol. The van der Waals surface area contributed by atoms with Crippen molar-refractivity contribution in [1.82, 2.24) is 9.78 Å². The maximum Gasteiger partial charge on any atom is 0.254 e. The molecule has 1 atom stereocenters. The topological polar surface area (TPSA) is 56.2 Å². The van der Waals surface area contributed by atoms with Gasteiger partial charge in [-0.2, -0.15) is 5.10 Å². The van der Waals surface area contributed by atoms with E-state index < -0.39 is 11.9 Å². The van der Waals surface area contributed by atoms with Crippen LogP contribution in [0, 0.1) is 5.82 Å². The van der Waals surface area contributed by atoms with Crippen molar-refractivity contribution >= 4 is 39.3 Å². The fraction of sp³-hybridized carbons (Fsp3) is 0.333. The number of nitrogens with zero attached hydrogens (tertiary/aromatic N) is 2. The van der Waals surface area contributed by atoms with E-state index >= 15 is 0 Å². The molecule has 1 saturated heterocycles. The van der Waals surface area contributed by atoms with Crippen molar-refractivity contribution in [1.29, 1.82) is 0 Å². The summed E-state index contributed by atoms with van der Waals surface area (Å²) in [7, 11) is 0. The van der Waals surface area contributed by atoms with Gasteiger partial charge in [0.05, 0.1) is 11.0 Å². The first-order valence-electron chi connectivity index (χ1n) is 7.13. The summed E-state index contributed by atoms with van der Waals surface area (Å²) in [6.07, 6.45) is 2.80. The quantitative estimate of drug-likeness (QED) is 0.850. The van der Waals surface area contributed by atoms with Crippen LogP contribution in [0.3, 0.4) is 0 Å². The summed E-state index contributed by atoms with van der Waals surface area (Å²) in [4.78, 5) is 12.1. The number of rotatable bonds is 4.